The number of amides is 1. The number of hydrogen-bond donors (Lipinski definition) is 2. The summed E-state index contributed by atoms with van der Waals surface area (Å²) in [7, 11) is 0. The topological polar surface area (TPSA) is 66.4 Å². The summed E-state index contributed by atoms with van der Waals surface area (Å²) in [6.45, 7) is 5.22. The predicted molar refractivity (Wildman–Crippen MR) is 66.2 cm³/mol. The van der Waals surface area contributed by atoms with Crippen LogP contribution in [-0.2, 0) is 4.79 Å². The average Bonchev–Trinajstić information content (AvgIpc) is 2.25. The molecule has 0 unspecified atom stereocenters. The number of allylic oxidation sites excluding steroid dienone is 1. The summed E-state index contributed by atoms with van der Waals surface area (Å²) in [5.74, 6) is -1.25. The third kappa shape index (κ3) is 3.45. The van der Waals surface area contributed by atoms with Crippen LogP contribution in [0.5, 0.6) is 0 Å². The average molecular weight is 233 g/mol. The first-order chi connectivity index (χ1) is 8.06. The Morgan fingerprint density at radius 1 is 1.47 bits per heavy atom. The lowest BCUT2D eigenvalue weighted by Crippen LogP contribution is -2.14. The molecule has 0 fully saturated rings. The van der Waals surface area contributed by atoms with E-state index in [1.807, 2.05) is 0 Å². The number of carbonyl (C=O) groups excluding carboxylic acids is 1. The summed E-state index contributed by atoms with van der Waals surface area (Å²) in [6, 6.07) is 5.00. The van der Waals surface area contributed by atoms with Crippen LogP contribution in [0.1, 0.15) is 28.8 Å². The van der Waals surface area contributed by atoms with Gasteiger partial charge in [-0.3, -0.25) is 4.79 Å². The van der Waals surface area contributed by atoms with Crippen LogP contribution in [0, 0.1) is 6.92 Å². The first-order valence-electron chi connectivity index (χ1n) is 5.30. The maximum Gasteiger partial charge on any atom is 0.338 e. The number of carbonyl (C=O) groups is 2. The van der Waals surface area contributed by atoms with Crippen LogP contribution in [0.15, 0.2) is 30.9 Å². The molecule has 0 aromatic heterocycles. The van der Waals surface area contributed by atoms with Crippen LogP contribution in [0.2, 0.25) is 0 Å². The van der Waals surface area contributed by atoms with Gasteiger partial charge in [0.05, 0.1) is 11.3 Å². The number of carboxylic acid groups (broad SMARTS) is 1. The third-order valence-corrected chi connectivity index (χ3v) is 2.34. The predicted octanol–water partition coefficient (Wildman–Crippen LogP) is 2.60. The van der Waals surface area contributed by atoms with Gasteiger partial charge < -0.3 is 10.4 Å². The van der Waals surface area contributed by atoms with Crippen molar-refractivity contribution in [3.8, 4) is 0 Å². The fraction of sp³-hybridized carbons (Fsp3) is 0.231. The number of aryl methyl sites for hydroxylation is 1. The van der Waals surface area contributed by atoms with Crippen molar-refractivity contribution < 1.29 is 14.7 Å². The van der Waals surface area contributed by atoms with Crippen molar-refractivity contribution in [3.05, 3.63) is 42.0 Å². The summed E-state index contributed by atoms with van der Waals surface area (Å²) < 4.78 is 0. The molecule has 0 spiro atoms. The summed E-state index contributed by atoms with van der Waals surface area (Å²) in [4.78, 5) is 22.6. The molecular weight excluding hydrogens is 218 g/mol. The van der Waals surface area contributed by atoms with E-state index in [2.05, 4.69) is 11.9 Å². The zero-order chi connectivity index (χ0) is 12.8. The van der Waals surface area contributed by atoms with E-state index in [1.54, 1.807) is 31.2 Å². The Morgan fingerprint density at radius 3 is 2.76 bits per heavy atom. The number of carboxylic acids is 1. The van der Waals surface area contributed by atoms with Crippen molar-refractivity contribution in [2.75, 3.05) is 5.32 Å². The Hall–Kier alpha value is -2.10. The highest BCUT2D eigenvalue weighted by Crippen LogP contribution is 2.19. The van der Waals surface area contributed by atoms with E-state index in [-0.39, 0.29) is 11.5 Å². The molecule has 0 aliphatic carbocycles. The molecule has 4 heteroatoms. The van der Waals surface area contributed by atoms with E-state index in [1.165, 1.54) is 0 Å². The molecule has 2 N–H and O–H groups in total. The number of nitrogens with one attached hydrogen (secondary N) is 1. The van der Waals surface area contributed by atoms with E-state index in [0.717, 1.165) is 0 Å². The fourth-order valence-corrected chi connectivity index (χ4v) is 1.50. The number of anilines is 1. The maximum atomic E-state index is 11.5. The fourth-order valence-electron chi connectivity index (χ4n) is 1.50. The molecule has 1 amide bonds. The number of aromatic carboxylic acids is 1. The third-order valence-electron chi connectivity index (χ3n) is 2.34. The number of benzene rings is 1. The molecule has 0 aliphatic rings. The minimum Gasteiger partial charge on any atom is -0.478 e. The van der Waals surface area contributed by atoms with Gasteiger partial charge in [-0.2, -0.15) is 0 Å². The van der Waals surface area contributed by atoms with Crippen LogP contribution in [0.3, 0.4) is 0 Å². The van der Waals surface area contributed by atoms with Crippen molar-refractivity contribution in [1.82, 2.24) is 0 Å². The molecule has 1 rings (SSSR count). The second kappa shape index (κ2) is 5.84. The second-order valence-electron chi connectivity index (χ2n) is 3.68. The molecule has 0 saturated carbocycles. The van der Waals surface area contributed by atoms with Crippen molar-refractivity contribution >= 4 is 17.6 Å². The first kappa shape index (κ1) is 13.0. The molecule has 0 radical (unpaired) electrons. The molecule has 4 nitrogen and oxygen atoms in total. The summed E-state index contributed by atoms with van der Waals surface area (Å²) in [5, 5.41) is 11.7. The first-order valence-corrected chi connectivity index (χ1v) is 5.30. The van der Waals surface area contributed by atoms with Crippen molar-refractivity contribution in [2.24, 2.45) is 0 Å². The van der Waals surface area contributed by atoms with Gasteiger partial charge in [-0.05, 0) is 25.0 Å². The highest BCUT2D eigenvalue weighted by Gasteiger charge is 2.14. The lowest BCUT2D eigenvalue weighted by molar-refractivity contribution is -0.116. The van der Waals surface area contributed by atoms with Crippen molar-refractivity contribution in [3.63, 3.8) is 0 Å². The zero-order valence-corrected chi connectivity index (χ0v) is 9.69. The van der Waals surface area contributed by atoms with Gasteiger partial charge in [-0.15, -0.1) is 6.58 Å². The van der Waals surface area contributed by atoms with Gasteiger partial charge in [0.25, 0.3) is 0 Å². The summed E-state index contributed by atoms with van der Waals surface area (Å²) in [5.41, 5.74) is 1.10. The van der Waals surface area contributed by atoms with Gasteiger partial charge in [-0.25, -0.2) is 4.79 Å². The minimum atomic E-state index is -1.04. The Morgan fingerprint density at radius 2 is 2.18 bits per heavy atom. The SMILES string of the molecule is C=CCCC(=O)Nc1cccc(C)c1C(=O)O. The van der Waals surface area contributed by atoms with Crippen molar-refractivity contribution in [2.45, 2.75) is 19.8 Å². The van der Waals surface area contributed by atoms with E-state index < -0.39 is 5.97 Å². The molecule has 0 saturated heterocycles. The quantitative estimate of drug-likeness (QED) is 0.768. The van der Waals surface area contributed by atoms with Crippen LogP contribution in [0.4, 0.5) is 5.69 Å². The maximum absolute atomic E-state index is 11.5. The van der Waals surface area contributed by atoms with Crippen LogP contribution >= 0.6 is 0 Å². The minimum absolute atomic E-state index is 0.138. The standard InChI is InChI=1S/C13H15NO3/c1-3-4-8-11(15)14-10-7-5-6-9(2)12(10)13(16)17/h3,5-7H,1,4,8H2,2H3,(H,14,15)(H,16,17). The summed E-state index contributed by atoms with van der Waals surface area (Å²) >= 11 is 0. The molecule has 1 aromatic carbocycles. The van der Waals surface area contributed by atoms with E-state index >= 15 is 0 Å². The Bertz CT molecular complexity index is 452. The molecular formula is C13H15NO3. The van der Waals surface area contributed by atoms with E-state index in [9.17, 15) is 9.59 Å². The second-order valence-corrected chi connectivity index (χ2v) is 3.68. The molecule has 0 atom stereocenters. The van der Waals surface area contributed by atoms with Gasteiger partial charge in [0, 0.05) is 6.42 Å². The van der Waals surface area contributed by atoms with Gasteiger partial charge in [-0.1, -0.05) is 18.2 Å². The lowest BCUT2D eigenvalue weighted by atomic mass is 10.1. The molecule has 90 valence electrons. The smallest absolute Gasteiger partial charge is 0.338 e. The van der Waals surface area contributed by atoms with E-state index in [4.69, 9.17) is 5.11 Å². The van der Waals surface area contributed by atoms with Gasteiger partial charge in [0.1, 0.15) is 0 Å². The van der Waals surface area contributed by atoms with Gasteiger partial charge >= 0.3 is 5.97 Å². The highest BCUT2D eigenvalue weighted by atomic mass is 16.4. The normalized spacial score (nSPS) is 9.71. The highest BCUT2D eigenvalue weighted by molar-refractivity contribution is 6.01. The molecule has 0 bridgehead atoms. The van der Waals surface area contributed by atoms with Crippen LogP contribution in [0.25, 0.3) is 0 Å². The van der Waals surface area contributed by atoms with Crippen LogP contribution < -0.4 is 5.32 Å². The Balaban J connectivity index is 2.91. The molecule has 0 heterocycles. The Kier molecular flexibility index (Phi) is 4.46. The van der Waals surface area contributed by atoms with Gasteiger partial charge in [0.15, 0.2) is 0 Å². The monoisotopic (exact) mass is 233 g/mol. The summed E-state index contributed by atoms with van der Waals surface area (Å²) in [6.07, 6.45) is 2.52. The van der Waals surface area contributed by atoms with Crippen LogP contribution in [-0.4, -0.2) is 17.0 Å². The van der Waals surface area contributed by atoms with Crippen molar-refractivity contribution in [1.29, 1.82) is 0 Å². The van der Waals surface area contributed by atoms with E-state index in [0.29, 0.717) is 24.1 Å². The Labute approximate surface area is 100.0 Å². The molecule has 17 heavy (non-hydrogen) atoms. The lowest BCUT2D eigenvalue weighted by Gasteiger charge is -2.09. The number of rotatable bonds is 5. The van der Waals surface area contributed by atoms with Gasteiger partial charge in [0.2, 0.25) is 5.91 Å². The number of hydrogen-bond acceptors (Lipinski definition) is 2. The molecule has 1 aromatic rings. The largest absolute Gasteiger partial charge is 0.478 e. The zero-order valence-electron chi connectivity index (χ0n) is 9.69. The molecule has 0 aliphatic heterocycles.